The maximum atomic E-state index is 13.4. The van der Waals surface area contributed by atoms with Crippen LogP contribution < -0.4 is 9.64 Å². The molecule has 0 bridgehead atoms. The van der Waals surface area contributed by atoms with E-state index in [-0.39, 0.29) is 28.7 Å². The van der Waals surface area contributed by atoms with E-state index in [1.54, 1.807) is 62.4 Å². The van der Waals surface area contributed by atoms with Gasteiger partial charge in [0.05, 0.1) is 29.9 Å². The average molecular weight is 514 g/mol. The molecule has 0 saturated carbocycles. The monoisotopic (exact) mass is 513 g/mol. The number of aromatic hydroxyl groups is 1. The second-order valence-electron chi connectivity index (χ2n) is 9.54. The van der Waals surface area contributed by atoms with Crippen molar-refractivity contribution in [1.29, 1.82) is 0 Å². The molecule has 38 heavy (non-hydrogen) atoms. The summed E-state index contributed by atoms with van der Waals surface area (Å²) in [6.45, 7) is 4.09. The van der Waals surface area contributed by atoms with Gasteiger partial charge >= 0.3 is 5.97 Å². The molecular weight excluding hydrogens is 486 g/mol. The van der Waals surface area contributed by atoms with Crippen molar-refractivity contribution in [3.8, 4) is 11.5 Å². The summed E-state index contributed by atoms with van der Waals surface area (Å²) in [5, 5.41) is 21.3. The highest BCUT2D eigenvalue weighted by molar-refractivity contribution is 6.51. The number of esters is 1. The lowest BCUT2D eigenvalue weighted by molar-refractivity contribution is -0.132. The van der Waals surface area contributed by atoms with E-state index in [1.165, 1.54) is 23.1 Å². The Morgan fingerprint density at radius 1 is 1.03 bits per heavy atom. The third-order valence-electron chi connectivity index (χ3n) is 6.54. The number of amides is 1. The van der Waals surface area contributed by atoms with Crippen LogP contribution in [0.15, 0.2) is 72.3 Å². The number of benzene rings is 3. The minimum Gasteiger partial charge on any atom is -0.508 e. The summed E-state index contributed by atoms with van der Waals surface area (Å²) in [6.07, 6.45) is 1.27. The van der Waals surface area contributed by atoms with Crippen LogP contribution in [0.3, 0.4) is 0 Å². The molecule has 3 aromatic rings. The molecule has 2 heterocycles. The molecule has 2 aliphatic rings. The molecule has 1 atom stereocenters. The highest BCUT2D eigenvalue weighted by Gasteiger charge is 2.47. The smallest absolute Gasteiger partial charge is 0.338 e. The Bertz CT molecular complexity index is 1460. The molecule has 2 N–H and O–H groups in total. The first-order chi connectivity index (χ1) is 18.2. The first-order valence-electron chi connectivity index (χ1n) is 12.4. The van der Waals surface area contributed by atoms with Gasteiger partial charge in [-0.3, -0.25) is 14.5 Å². The molecule has 1 saturated heterocycles. The lowest BCUT2D eigenvalue weighted by Gasteiger charge is -2.26. The van der Waals surface area contributed by atoms with Crippen LogP contribution in [0.4, 0.5) is 5.69 Å². The van der Waals surface area contributed by atoms with Gasteiger partial charge in [-0.05, 0) is 86.3 Å². The maximum absolute atomic E-state index is 13.4. The van der Waals surface area contributed by atoms with E-state index in [0.717, 1.165) is 24.2 Å². The topological polar surface area (TPSA) is 113 Å². The van der Waals surface area contributed by atoms with E-state index in [0.29, 0.717) is 23.4 Å². The van der Waals surface area contributed by atoms with Crippen LogP contribution in [-0.2, 0) is 20.7 Å². The quantitative estimate of drug-likeness (QED) is 0.216. The van der Waals surface area contributed by atoms with Gasteiger partial charge in [0.15, 0.2) is 0 Å². The number of carbonyl (C=O) groups excluding carboxylic acids is 3. The van der Waals surface area contributed by atoms with Crippen LogP contribution >= 0.6 is 0 Å². The number of carbonyl (C=O) groups is 3. The van der Waals surface area contributed by atoms with Crippen LogP contribution in [0.25, 0.3) is 5.76 Å². The van der Waals surface area contributed by atoms with Crippen molar-refractivity contribution in [1.82, 2.24) is 0 Å². The molecule has 0 radical (unpaired) electrons. The zero-order valence-corrected chi connectivity index (χ0v) is 21.0. The zero-order valence-electron chi connectivity index (χ0n) is 21.0. The zero-order chi connectivity index (χ0) is 27.0. The molecular formula is C30H27NO7. The van der Waals surface area contributed by atoms with Crippen LogP contribution in [0, 0.1) is 0 Å². The van der Waals surface area contributed by atoms with Crippen molar-refractivity contribution in [3.63, 3.8) is 0 Å². The van der Waals surface area contributed by atoms with Gasteiger partial charge in [-0.1, -0.05) is 18.2 Å². The number of Topliss-reactive ketones (excluding diaryl/α,β-unsaturated/α-hetero) is 1. The largest absolute Gasteiger partial charge is 0.508 e. The van der Waals surface area contributed by atoms with Gasteiger partial charge in [0.25, 0.3) is 11.7 Å². The summed E-state index contributed by atoms with van der Waals surface area (Å²) < 4.78 is 11.0. The van der Waals surface area contributed by atoms with Crippen molar-refractivity contribution in [3.05, 3.63) is 94.6 Å². The van der Waals surface area contributed by atoms with Gasteiger partial charge in [0.1, 0.15) is 17.3 Å². The van der Waals surface area contributed by atoms with E-state index in [2.05, 4.69) is 0 Å². The maximum Gasteiger partial charge on any atom is 0.338 e. The number of nitrogens with zero attached hydrogens (tertiary/aromatic N) is 1. The Kier molecular flexibility index (Phi) is 6.63. The van der Waals surface area contributed by atoms with Crippen molar-refractivity contribution in [2.75, 3.05) is 11.5 Å². The first kappa shape index (κ1) is 25.1. The fraction of sp³-hybridized carbons (Fsp3) is 0.233. The Balaban J connectivity index is 1.65. The first-order valence-corrected chi connectivity index (χ1v) is 12.4. The number of fused-ring (bicyclic) bond motifs is 1. The lowest BCUT2D eigenvalue weighted by Crippen LogP contribution is -2.29. The highest BCUT2D eigenvalue weighted by Crippen LogP contribution is 2.43. The van der Waals surface area contributed by atoms with Crippen LogP contribution in [-0.4, -0.2) is 40.6 Å². The number of rotatable bonds is 5. The minimum atomic E-state index is -1.00. The number of phenols is 1. The second-order valence-corrected chi connectivity index (χ2v) is 9.54. The Labute approximate surface area is 219 Å². The van der Waals surface area contributed by atoms with Crippen LogP contribution in [0.5, 0.6) is 11.5 Å². The number of anilines is 1. The Hall–Kier alpha value is -4.59. The molecule has 3 aromatic carbocycles. The second kappa shape index (κ2) is 10.0. The van der Waals surface area contributed by atoms with Crippen LogP contribution in [0.1, 0.15) is 53.4 Å². The SMILES string of the molecule is CC(C)OC(=O)c1cccc(N2C(=O)C(=O)/C(=C(\O)c3ccc4c(c3)CCCO4)C2c2ccc(O)cc2)c1. The third-order valence-corrected chi connectivity index (χ3v) is 6.54. The fourth-order valence-electron chi connectivity index (χ4n) is 4.80. The van der Waals surface area contributed by atoms with Gasteiger partial charge in [0.2, 0.25) is 0 Å². The van der Waals surface area contributed by atoms with Gasteiger partial charge in [0, 0.05) is 11.3 Å². The van der Waals surface area contributed by atoms with E-state index in [9.17, 15) is 24.6 Å². The number of aliphatic hydroxyl groups excluding tert-OH is 1. The Morgan fingerprint density at radius 2 is 1.79 bits per heavy atom. The molecule has 8 nitrogen and oxygen atoms in total. The summed E-state index contributed by atoms with van der Waals surface area (Å²) in [7, 11) is 0. The summed E-state index contributed by atoms with van der Waals surface area (Å²) >= 11 is 0. The van der Waals surface area contributed by atoms with E-state index in [1.807, 2.05) is 0 Å². The minimum absolute atomic E-state index is 0.0128. The molecule has 5 rings (SSSR count). The average Bonchev–Trinajstić information content (AvgIpc) is 3.18. The predicted octanol–water partition coefficient (Wildman–Crippen LogP) is 4.91. The summed E-state index contributed by atoms with van der Waals surface area (Å²) in [5.74, 6) is -1.83. The number of aryl methyl sites for hydroxylation is 1. The summed E-state index contributed by atoms with van der Waals surface area (Å²) in [4.78, 5) is 40.7. The molecule has 0 aromatic heterocycles. The molecule has 1 amide bonds. The van der Waals surface area contributed by atoms with Crippen LogP contribution in [0.2, 0.25) is 0 Å². The van der Waals surface area contributed by atoms with Gasteiger partial charge < -0.3 is 19.7 Å². The molecule has 1 fully saturated rings. The van der Waals surface area contributed by atoms with Crippen molar-refractivity contribution >= 4 is 29.1 Å². The van der Waals surface area contributed by atoms with Gasteiger partial charge in [-0.25, -0.2) is 4.79 Å². The van der Waals surface area contributed by atoms with Crippen molar-refractivity contribution in [2.45, 2.75) is 38.8 Å². The molecule has 0 spiro atoms. The molecule has 2 aliphatic heterocycles. The fourth-order valence-corrected chi connectivity index (χ4v) is 4.80. The number of hydrogen-bond donors (Lipinski definition) is 2. The number of ether oxygens (including phenoxy) is 2. The Morgan fingerprint density at radius 3 is 2.53 bits per heavy atom. The summed E-state index contributed by atoms with van der Waals surface area (Å²) in [6, 6.07) is 16.5. The van der Waals surface area contributed by atoms with Gasteiger partial charge in [-0.15, -0.1) is 0 Å². The number of hydrogen-bond acceptors (Lipinski definition) is 7. The molecule has 194 valence electrons. The number of ketones is 1. The van der Waals surface area contributed by atoms with Crippen molar-refractivity contribution < 1.29 is 34.1 Å². The normalized spacial score (nSPS) is 18.3. The predicted molar refractivity (Wildman–Crippen MR) is 140 cm³/mol. The highest BCUT2D eigenvalue weighted by atomic mass is 16.5. The molecule has 1 unspecified atom stereocenters. The third kappa shape index (κ3) is 4.61. The lowest BCUT2D eigenvalue weighted by atomic mass is 9.93. The molecule has 8 heteroatoms. The van der Waals surface area contributed by atoms with Gasteiger partial charge in [-0.2, -0.15) is 0 Å². The van der Waals surface area contributed by atoms with E-state index >= 15 is 0 Å². The van der Waals surface area contributed by atoms with E-state index < -0.39 is 23.7 Å². The molecule has 0 aliphatic carbocycles. The van der Waals surface area contributed by atoms with Crippen molar-refractivity contribution in [2.24, 2.45) is 0 Å². The number of aliphatic hydroxyl groups is 1. The number of phenolic OH excluding ortho intramolecular Hbond substituents is 1. The van der Waals surface area contributed by atoms with E-state index in [4.69, 9.17) is 9.47 Å². The summed E-state index contributed by atoms with van der Waals surface area (Å²) in [5.41, 5.74) is 2.23. The standard InChI is InChI=1S/C30H27NO7/c1-17(2)38-30(36)21-5-3-7-22(16-21)31-26(18-8-11-23(32)12-9-18)25(28(34)29(31)35)27(33)20-10-13-24-19(15-20)6-4-14-37-24/h3,5,7-13,15-17,26,32-33H,4,6,14H2,1-2H3/b27-25-.